The van der Waals surface area contributed by atoms with Gasteiger partial charge in [-0.1, -0.05) is 22.0 Å². The van der Waals surface area contributed by atoms with Crippen LogP contribution in [0.3, 0.4) is 0 Å². The fourth-order valence-corrected chi connectivity index (χ4v) is 4.77. The molecule has 4 heteroatoms. The van der Waals surface area contributed by atoms with E-state index in [0.717, 1.165) is 16.0 Å². The van der Waals surface area contributed by atoms with E-state index in [2.05, 4.69) is 22.0 Å². The lowest BCUT2D eigenvalue weighted by atomic mass is 9.93. The standard InChI is InChI=1S/C12H9BrFNS/c13-7-1-2-8(11(14)3-7)12(6-15)9-4-16-5-10(9)12/h1-3,9-10H,4-5H2/t9-,10+,12?. The molecule has 1 saturated heterocycles. The molecule has 1 nitrogen and oxygen atoms in total. The minimum absolute atomic E-state index is 0.254. The summed E-state index contributed by atoms with van der Waals surface area (Å²) in [6, 6.07) is 7.39. The van der Waals surface area contributed by atoms with Crippen LogP contribution in [0.2, 0.25) is 0 Å². The second-order valence-corrected chi connectivity index (χ2v) is 6.35. The molecule has 0 radical (unpaired) electrons. The third-order valence-corrected chi connectivity index (χ3v) is 5.39. The molecule has 82 valence electrons. The van der Waals surface area contributed by atoms with Gasteiger partial charge in [0.05, 0.1) is 11.5 Å². The van der Waals surface area contributed by atoms with Gasteiger partial charge in [-0.3, -0.25) is 0 Å². The zero-order valence-electron chi connectivity index (χ0n) is 8.41. The van der Waals surface area contributed by atoms with Crippen molar-refractivity contribution in [3.63, 3.8) is 0 Å². The number of nitrogens with zero attached hydrogens (tertiary/aromatic N) is 1. The fraction of sp³-hybridized carbons (Fsp3) is 0.417. The molecule has 1 aliphatic carbocycles. The van der Waals surface area contributed by atoms with Gasteiger partial charge in [0.25, 0.3) is 0 Å². The molecular weight excluding hydrogens is 289 g/mol. The minimum Gasteiger partial charge on any atom is -0.207 e. The van der Waals surface area contributed by atoms with Gasteiger partial charge in [0.1, 0.15) is 5.82 Å². The van der Waals surface area contributed by atoms with Crippen molar-refractivity contribution in [2.75, 3.05) is 11.5 Å². The Morgan fingerprint density at radius 2 is 2.12 bits per heavy atom. The summed E-state index contributed by atoms with van der Waals surface area (Å²) in [4.78, 5) is 0. The molecule has 3 atom stereocenters. The second-order valence-electron chi connectivity index (χ2n) is 4.36. The van der Waals surface area contributed by atoms with Crippen LogP contribution >= 0.6 is 27.7 Å². The van der Waals surface area contributed by atoms with Crippen molar-refractivity contribution in [1.29, 1.82) is 5.26 Å². The maximum atomic E-state index is 13.9. The van der Waals surface area contributed by atoms with Crippen LogP contribution < -0.4 is 0 Å². The van der Waals surface area contributed by atoms with Crippen LogP contribution in [0.25, 0.3) is 0 Å². The lowest BCUT2D eigenvalue weighted by Crippen LogP contribution is -2.15. The number of hydrogen-bond donors (Lipinski definition) is 0. The summed E-state index contributed by atoms with van der Waals surface area (Å²) < 4.78 is 14.6. The molecule has 2 fully saturated rings. The van der Waals surface area contributed by atoms with E-state index >= 15 is 0 Å². The maximum absolute atomic E-state index is 13.9. The van der Waals surface area contributed by atoms with Crippen molar-refractivity contribution >= 4 is 27.7 Å². The quantitative estimate of drug-likeness (QED) is 0.794. The molecule has 1 aromatic rings. The Kier molecular flexibility index (Phi) is 2.31. The van der Waals surface area contributed by atoms with E-state index in [4.69, 9.17) is 0 Å². The van der Waals surface area contributed by atoms with Crippen molar-refractivity contribution in [2.45, 2.75) is 5.41 Å². The molecule has 0 amide bonds. The van der Waals surface area contributed by atoms with Crippen molar-refractivity contribution in [2.24, 2.45) is 11.8 Å². The first-order valence-corrected chi connectivity index (χ1v) is 7.09. The van der Waals surface area contributed by atoms with Crippen molar-refractivity contribution in [3.05, 3.63) is 34.1 Å². The SMILES string of the molecule is N#CC1(c2ccc(Br)cc2F)[C@@H]2CSC[C@@H]21. The number of hydrogen-bond acceptors (Lipinski definition) is 2. The maximum Gasteiger partial charge on any atom is 0.129 e. The first kappa shape index (κ1) is 10.6. The Balaban J connectivity index is 2.07. The average molecular weight is 298 g/mol. The van der Waals surface area contributed by atoms with Gasteiger partial charge in [0.2, 0.25) is 0 Å². The highest BCUT2D eigenvalue weighted by atomic mass is 79.9. The number of rotatable bonds is 1. The van der Waals surface area contributed by atoms with Gasteiger partial charge in [-0.15, -0.1) is 0 Å². The largest absolute Gasteiger partial charge is 0.207 e. The Hall–Kier alpha value is -0.530. The number of benzene rings is 1. The Labute approximate surface area is 106 Å². The van der Waals surface area contributed by atoms with Crippen molar-refractivity contribution in [1.82, 2.24) is 0 Å². The highest BCUT2D eigenvalue weighted by molar-refractivity contribution is 9.10. The number of halogens is 2. The van der Waals surface area contributed by atoms with Gasteiger partial charge in [-0.25, -0.2) is 4.39 Å². The van der Waals surface area contributed by atoms with Crippen LogP contribution in [0, 0.1) is 29.0 Å². The van der Waals surface area contributed by atoms with E-state index in [9.17, 15) is 9.65 Å². The van der Waals surface area contributed by atoms with E-state index in [-0.39, 0.29) is 5.82 Å². The second kappa shape index (κ2) is 3.48. The van der Waals surface area contributed by atoms with Gasteiger partial charge >= 0.3 is 0 Å². The molecule has 1 unspecified atom stereocenters. The average Bonchev–Trinajstić information content (AvgIpc) is 2.65. The van der Waals surface area contributed by atoms with E-state index in [0.29, 0.717) is 17.4 Å². The van der Waals surface area contributed by atoms with Gasteiger partial charge in [0, 0.05) is 10.0 Å². The first-order chi connectivity index (χ1) is 7.70. The summed E-state index contributed by atoms with van der Waals surface area (Å²) in [6.45, 7) is 0. The van der Waals surface area contributed by atoms with Crippen molar-refractivity contribution in [3.8, 4) is 6.07 Å². The Morgan fingerprint density at radius 3 is 2.69 bits per heavy atom. The van der Waals surface area contributed by atoms with E-state index < -0.39 is 5.41 Å². The molecule has 1 aromatic carbocycles. The molecule has 0 N–H and O–H groups in total. The summed E-state index contributed by atoms with van der Waals surface area (Å²) in [5.41, 5.74) is 0.0595. The summed E-state index contributed by atoms with van der Waals surface area (Å²) in [5, 5.41) is 9.37. The summed E-state index contributed by atoms with van der Waals surface area (Å²) in [5.74, 6) is 2.45. The summed E-state index contributed by atoms with van der Waals surface area (Å²) in [7, 11) is 0. The van der Waals surface area contributed by atoms with Crippen LogP contribution in [0.1, 0.15) is 5.56 Å². The zero-order valence-corrected chi connectivity index (χ0v) is 10.8. The summed E-state index contributed by atoms with van der Waals surface area (Å²) >= 11 is 5.11. The van der Waals surface area contributed by atoms with Crippen molar-refractivity contribution < 1.29 is 4.39 Å². The molecule has 1 aliphatic heterocycles. The molecule has 0 spiro atoms. The highest BCUT2D eigenvalue weighted by Crippen LogP contribution is 2.65. The van der Waals surface area contributed by atoms with Crippen LogP contribution in [-0.2, 0) is 5.41 Å². The first-order valence-electron chi connectivity index (χ1n) is 5.14. The number of fused-ring (bicyclic) bond motifs is 1. The van der Waals surface area contributed by atoms with Crippen LogP contribution in [0.15, 0.2) is 22.7 Å². The minimum atomic E-state index is -0.532. The molecular formula is C12H9BrFNS. The lowest BCUT2D eigenvalue weighted by molar-refractivity contribution is 0.586. The van der Waals surface area contributed by atoms with E-state index in [1.54, 1.807) is 6.07 Å². The molecule has 1 saturated carbocycles. The summed E-state index contributed by atoms with van der Waals surface area (Å²) in [6.07, 6.45) is 0. The number of thioether (sulfide) groups is 1. The van der Waals surface area contributed by atoms with Gasteiger partial charge in [-0.2, -0.15) is 17.0 Å². The van der Waals surface area contributed by atoms with Gasteiger partial charge < -0.3 is 0 Å². The van der Waals surface area contributed by atoms with Crippen LogP contribution in [-0.4, -0.2) is 11.5 Å². The third-order valence-electron chi connectivity index (χ3n) is 3.70. The predicted molar refractivity (Wildman–Crippen MR) is 65.7 cm³/mol. The molecule has 1 heterocycles. The predicted octanol–water partition coefficient (Wildman–Crippen LogP) is 3.34. The fourth-order valence-electron chi connectivity index (χ4n) is 2.81. The molecule has 0 bridgehead atoms. The molecule has 2 aliphatic rings. The number of nitriles is 1. The topological polar surface area (TPSA) is 23.8 Å². The van der Waals surface area contributed by atoms with Crippen LogP contribution in [0.4, 0.5) is 4.39 Å². The molecule has 0 aromatic heterocycles. The smallest absolute Gasteiger partial charge is 0.129 e. The lowest BCUT2D eigenvalue weighted by Gasteiger charge is -2.13. The zero-order chi connectivity index (χ0) is 11.3. The van der Waals surface area contributed by atoms with Gasteiger partial charge in [-0.05, 0) is 35.5 Å². The van der Waals surface area contributed by atoms with Crippen LogP contribution in [0.5, 0.6) is 0 Å². The normalized spacial score (nSPS) is 35.6. The highest BCUT2D eigenvalue weighted by Gasteiger charge is 2.69. The Morgan fingerprint density at radius 1 is 1.44 bits per heavy atom. The third kappa shape index (κ3) is 1.22. The monoisotopic (exact) mass is 297 g/mol. The molecule has 3 rings (SSSR count). The van der Waals surface area contributed by atoms with Gasteiger partial charge in [0.15, 0.2) is 0 Å². The van der Waals surface area contributed by atoms with E-state index in [1.165, 1.54) is 6.07 Å². The molecule has 16 heavy (non-hydrogen) atoms. The Bertz CT molecular complexity index is 486. The van der Waals surface area contributed by atoms with E-state index in [1.807, 2.05) is 17.8 Å².